The molecule has 21 heavy (non-hydrogen) atoms. The molecule has 2 aromatic rings. The maximum Gasteiger partial charge on any atom is 0.178 e. The second-order valence-corrected chi connectivity index (χ2v) is 6.57. The first-order valence-corrected chi connectivity index (χ1v) is 7.29. The van der Waals surface area contributed by atoms with Gasteiger partial charge in [-0.15, -0.1) is 0 Å². The summed E-state index contributed by atoms with van der Waals surface area (Å²) in [6.07, 6.45) is 2.79. The molecule has 0 bridgehead atoms. The van der Waals surface area contributed by atoms with E-state index in [4.69, 9.17) is 0 Å². The number of para-hydroxylation sites is 2. The van der Waals surface area contributed by atoms with Crippen molar-refractivity contribution in [3.05, 3.63) is 41.2 Å². The Morgan fingerprint density at radius 1 is 1.33 bits per heavy atom. The number of benzene rings is 1. The highest BCUT2D eigenvalue weighted by Crippen LogP contribution is 2.37. The number of phenolic OH excluding ortho intramolecular Hbond substituents is 1. The number of carbonyl (C=O) groups is 1. The Bertz CT molecular complexity index is 714. The lowest BCUT2D eigenvalue weighted by Crippen LogP contribution is -2.22. The van der Waals surface area contributed by atoms with E-state index in [1.807, 2.05) is 6.07 Å². The zero-order valence-corrected chi connectivity index (χ0v) is 12.7. The summed E-state index contributed by atoms with van der Waals surface area (Å²) in [5.74, 6) is 0.129. The summed E-state index contributed by atoms with van der Waals surface area (Å²) < 4.78 is 1.61. The summed E-state index contributed by atoms with van der Waals surface area (Å²) in [5.41, 5.74) is 3.39. The lowest BCUT2D eigenvalue weighted by atomic mass is 9.75. The number of carbonyl (C=O) groups excluding carboxylic acids is 1. The summed E-state index contributed by atoms with van der Waals surface area (Å²) >= 11 is 0. The van der Waals surface area contributed by atoms with Crippen LogP contribution < -0.4 is 0 Å². The Morgan fingerprint density at radius 2 is 2.05 bits per heavy atom. The van der Waals surface area contributed by atoms with Crippen molar-refractivity contribution in [3.63, 3.8) is 0 Å². The fourth-order valence-corrected chi connectivity index (χ4v) is 3.09. The van der Waals surface area contributed by atoms with Crippen molar-refractivity contribution < 1.29 is 9.90 Å². The molecular weight excluding hydrogens is 264 g/mol. The minimum absolute atomic E-state index is 0.00953. The Kier molecular flexibility index (Phi) is 3.12. The summed E-state index contributed by atoms with van der Waals surface area (Å²) in [6.45, 7) is 6.00. The molecule has 4 heteroatoms. The lowest BCUT2D eigenvalue weighted by molar-refractivity contribution is 0.100. The minimum atomic E-state index is -0.00953. The largest absolute Gasteiger partial charge is 0.506 e. The van der Waals surface area contributed by atoms with Gasteiger partial charge in [-0.2, -0.15) is 5.10 Å². The number of fused-ring (bicyclic) bond motifs is 1. The van der Waals surface area contributed by atoms with Gasteiger partial charge in [0.15, 0.2) is 5.78 Å². The van der Waals surface area contributed by atoms with Crippen LogP contribution in [0.3, 0.4) is 0 Å². The number of hydrogen-bond donors (Lipinski definition) is 1. The number of hydrogen-bond acceptors (Lipinski definition) is 3. The van der Waals surface area contributed by atoms with Crippen LogP contribution in [0, 0.1) is 5.41 Å². The number of aryl methyl sites for hydroxylation is 1. The molecule has 1 aromatic heterocycles. The van der Waals surface area contributed by atoms with E-state index in [-0.39, 0.29) is 16.9 Å². The predicted molar refractivity (Wildman–Crippen MR) is 81.0 cm³/mol. The Balaban J connectivity index is 2.22. The monoisotopic (exact) mass is 284 g/mol. The number of Topliss-reactive ketones (excluding diaryl/α,β-unsaturated/α-hetero) is 1. The zero-order valence-electron chi connectivity index (χ0n) is 12.7. The number of rotatable bonds is 2. The van der Waals surface area contributed by atoms with Crippen LogP contribution in [-0.4, -0.2) is 20.7 Å². The first-order valence-electron chi connectivity index (χ1n) is 7.29. The average Bonchev–Trinajstić information content (AvgIpc) is 2.76. The topological polar surface area (TPSA) is 55.1 Å². The van der Waals surface area contributed by atoms with Crippen LogP contribution in [0.5, 0.6) is 5.75 Å². The van der Waals surface area contributed by atoms with E-state index in [0.29, 0.717) is 11.4 Å². The molecule has 4 nitrogen and oxygen atoms in total. The third-order valence-corrected chi connectivity index (χ3v) is 4.20. The van der Waals surface area contributed by atoms with Crippen molar-refractivity contribution >= 4 is 5.78 Å². The molecule has 0 amide bonds. The number of phenols is 1. The van der Waals surface area contributed by atoms with Crippen LogP contribution in [0.25, 0.3) is 5.69 Å². The fraction of sp³-hybridized carbons (Fsp3) is 0.412. The van der Waals surface area contributed by atoms with Crippen molar-refractivity contribution in [2.75, 3.05) is 0 Å². The van der Waals surface area contributed by atoms with Gasteiger partial charge in [-0.25, -0.2) is 4.68 Å². The van der Waals surface area contributed by atoms with Crippen molar-refractivity contribution in [3.8, 4) is 11.4 Å². The lowest BCUT2D eigenvalue weighted by Gasteiger charge is -2.28. The van der Waals surface area contributed by atoms with Crippen LogP contribution in [0.4, 0.5) is 0 Å². The van der Waals surface area contributed by atoms with Gasteiger partial charge in [0.1, 0.15) is 17.1 Å². The van der Waals surface area contributed by atoms with E-state index in [1.165, 1.54) is 0 Å². The molecule has 0 saturated carbocycles. The van der Waals surface area contributed by atoms with Gasteiger partial charge in [-0.1, -0.05) is 26.0 Å². The SMILES string of the molecule is CC(=O)c1c2c(nn1-c1ccccc1O)CCC(C)(C)C2. The highest BCUT2D eigenvalue weighted by molar-refractivity contribution is 5.95. The Labute approximate surface area is 124 Å². The van der Waals surface area contributed by atoms with E-state index in [1.54, 1.807) is 29.8 Å². The summed E-state index contributed by atoms with van der Waals surface area (Å²) in [7, 11) is 0. The second-order valence-electron chi connectivity index (χ2n) is 6.57. The third kappa shape index (κ3) is 2.35. The van der Waals surface area contributed by atoms with Crippen molar-refractivity contribution in [1.82, 2.24) is 9.78 Å². The highest BCUT2D eigenvalue weighted by atomic mass is 16.3. The first-order chi connectivity index (χ1) is 9.89. The maximum atomic E-state index is 12.2. The van der Waals surface area contributed by atoms with Crippen LogP contribution in [-0.2, 0) is 12.8 Å². The van der Waals surface area contributed by atoms with Crippen molar-refractivity contribution in [1.29, 1.82) is 0 Å². The fourth-order valence-electron chi connectivity index (χ4n) is 3.09. The normalized spacial score (nSPS) is 16.5. The quantitative estimate of drug-likeness (QED) is 0.861. The molecule has 1 aliphatic rings. The van der Waals surface area contributed by atoms with Crippen LogP contribution >= 0.6 is 0 Å². The number of nitrogens with zero attached hydrogens (tertiary/aromatic N) is 2. The van der Waals surface area contributed by atoms with E-state index < -0.39 is 0 Å². The van der Waals surface area contributed by atoms with Crippen molar-refractivity contribution in [2.24, 2.45) is 5.41 Å². The molecular formula is C17H20N2O2. The standard InChI is InChI=1S/C17H20N2O2/c1-11(20)16-12-10-17(2,3)9-8-13(12)18-19(16)14-6-4-5-7-15(14)21/h4-7,21H,8-10H2,1-3H3. The van der Waals surface area contributed by atoms with Crippen LogP contribution in [0.2, 0.25) is 0 Å². The molecule has 3 rings (SSSR count). The first kappa shape index (κ1) is 13.9. The molecule has 0 unspecified atom stereocenters. The van der Waals surface area contributed by atoms with E-state index in [0.717, 1.165) is 30.5 Å². The highest BCUT2D eigenvalue weighted by Gasteiger charge is 2.32. The second kappa shape index (κ2) is 4.72. The molecule has 0 spiro atoms. The van der Waals surface area contributed by atoms with E-state index in [2.05, 4.69) is 18.9 Å². The molecule has 1 aromatic carbocycles. The van der Waals surface area contributed by atoms with Crippen LogP contribution in [0.1, 0.15) is 48.9 Å². The molecule has 1 aliphatic carbocycles. The molecule has 0 aliphatic heterocycles. The predicted octanol–water partition coefficient (Wildman–Crippen LogP) is 3.30. The number of aromatic nitrogens is 2. The van der Waals surface area contributed by atoms with Gasteiger partial charge in [0.05, 0.1) is 5.69 Å². The van der Waals surface area contributed by atoms with Crippen molar-refractivity contribution in [2.45, 2.75) is 40.0 Å². The van der Waals surface area contributed by atoms with Gasteiger partial charge in [0, 0.05) is 12.5 Å². The summed E-state index contributed by atoms with van der Waals surface area (Å²) in [4.78, 5) is 12.2. The van der Waals surface area contributed by atoms with E-state index >= 15 is 0 Å². The molecule has 0 saturated heterocycles. The molecule has 1 N–H and O–H groups in total. The maximum absolute atomic E-state index is 12.2. The van der Waals surface area contributed by atoms with Gasteiger partial charge in [-0.05, 0) is 36.8 Å². The third-order valence-electron chi connectivity index (χ3n) is 4.20. The van der Waals surface area contributed by atoms with E-state index in [9.17, 15) is 9.90 Å². The molecule has 0 fully saturated rings. The smallest absolute Gasteiger partial charge is 0.178 e. The minimum Gasteiger partial charge on any atom is -0.506 e. The summed E-state index contributed by atoms with van der Waals surface area (Å²) in [5, 5.41) is 14.7. The van der Waals surface area contributed by atoms with Crippen LogP contribution in [0.15, 0.2) is 24.3 Å². The summed E-state index contributed by atoms with van der Waals surface area (Å²) in [6, 6.07) is 7.00. The average molecular weight is 284 g/mol. The van der Waals surface area contributed by atoms with Gasteiger partial charge in [0.25, 0.3) is 0 Å². The molecule has 0 radical (unpaired) electrons. The van der Waals surface area contributed by atoms with Gasteiger partial charge >= 0.3 is 0 Å². The Hall–Kier alpha value is -2.10. The zero-order chi connectivity index (χ0) is 15.2. The Morgan fingerprint density at radius 3 is 2.71 bits per heavy atom. The molecule has 110 valence electrons. The molecule has 0 atom stereocenters. The van der Waals surface area contributed by atoms with Gasteiger partial charge in [0.2, 0.25) is 0 Å². The van der Waals surface area contributed by atoms with Gasteiger partial charge in [-0.3, -0.25) is 4.79 Å². The number of ketones is 1. The van der Waals surface area contributed by atoms with Gasteiger partial charge < -0.3 is 5.11 Å². The molecule has 1 heterocycles. The number of aromatic hydroxyl groups is 1.